The largest absolute Gasteiger partial charge is 0.302 e. The molecule has 0 aromatic heterocycles. The van der Waals surface area contributed by atoms with Crippen molar-refractivity contribution in [1.82, 2.24) is 4.90 Å². The van der Waals surface area contributed by atoms with Gasteiger partial charge < -0.3 is 4.90 Å². The molecule has 0 bridgehead atoms. The summed E-state index contributed by atoms with van der Waals surface area (Å²) in [5.74, 6) is 0. The molecule has 0 aliphatic carbocycles. The smallest absolute Gasteiger partial charge is 0.0712 e. The molecule has 3 heteroatoms. The van der Waals surface area contributed by atoms with Crippen LogP contribution in [0.1, 0.15) is 37.6 Å². The molecule has 0 N–H and O–H groups in total. The summed E-state index contributed by atoms with van der Waals surface area (Å²) in [7, 11) is 0. The molecule has 1 rings (SSSR count). The fourth-order valence-corrected chi connectivity index (χ4v) is 2.54. The lowest BCUT2D eigenvalue weighted by atomic mass is 10.1. The number of hydrogen-bond donors (Lipinski definition) is 0. The van der Waals surface area contributed by atoms with E-state index in [0.717, 1.165) is 24.1 Å². The number of alkyl halides is 1. The molecule has 0 heterocycles. The van der Waals surface area contributed by atoms with Crippen molar-refractivity contribution in [3.8, 4) is 0 Å². The van der Waals surface area contributed by atoms with Crippen LogP contribution in [0.5, 0.6) is 0 Å². The van der Waals surface area contributed by atoms with Gasteiger partial charge in [0.1, 0.15) is 0 Å². The summed E-state index contributed by atoms with van der Waals surface area (Å²) in [5.41, 5.74) is 1.19. The second kappa shape index (κ2) is 8.12. The Morgan fingerprint density at radius 2 is 2.12 bits per heavy atom. The Morgan fingerprint density at radius 1 is 1.35 bits per heavy atom. The predicted molar refractivity (Wildman–Crippen MR) is 79.8 cm³/mol. The van der Waals surface area contributed by atoms with Crippen LogP contribution < -0.4 is 0 Å². The van der Waals surface area contributed by atoms with Crippen molar-refractivity contribution in [2.45, 2.75) is 32.1 Å². The average molecular weight is 319 g/mol. The lowest BCUT2D eigenvalue weighted by molar-refractivity contribution is 0.283. The molecule has 1 aromatic rings. The van der Waals surface area contributed by atoms with Crippen LogP contribution in [-0.4, -0.2) is 24.5 Å². The first kappa shape index (κ1) is 15.0. The summed E-state index contributed by atoms with van der Waals surface area (Å²) in [6.45, 7) is 7.55. The third-order valence-electron chi connectivity index (χ3n) is 2.90. The molecule has 0 radical (unpaired) electrons. The summed E-state index contributed by atoms with van der Waals surface area (Å²) in [4.78, 5) is 2.42. The van der Waals surface area contributed by atoms with Crippen molar-refractivity contribution >= 4 is 27.5 Å². The van der Waals surface area contributed by atoms with Crippen molar-refractivity contribution in [2.75, 3.05) is 19.6 Å². The van der Waals surface area contributed by atoms with Crippen LogP contribution in [0.25, 0.3) is 0 Å². The number of rotatable bonds is 7. The zero-order chi connectivity index (χ0) is 12.7. The summed E-state index contributed by atoms with van der Waals surface area (Å²) >= 11 is 9.95. The lowest BCUT2D eigenvalue weighted by Gasteiger charge is -2.23. The van der Waals surface area contributed by atoms with Gasteiger partial charge in [0.15, 0.2) is 0 Å². The van der Waals surface area contributed by atoms with Gasteiger partial charge in [-0.3, -0.25) is 0 Å². The molecule has 0 aliphatic heterocycles. The lowest BCUT2D eigenvalue weighted by Crippen LogP contribution is -2.28. The molecule has 0 spiro atoms. The molecule has 0 aliphatic rings. The van der Waals surface area contributed by atoms with Crippen LogP contribution >= 0.6 is 27.5 Å². The molecule has 17 heavy (non-hydrogen) atoms. The molecule has 0 saturated carbocycles. The molecule has 1 aromatic carbocycles. The van der Waals surface area contributed by atoms with Crippen molar-refractivity contribution in [1.29, 1.82) is 0 Å². The minimum atomic E-state index is 0.0734. The van der Waals surface area contributed by atoms with Crippen molar-refractivity contribution in [2.24, 2.45) is 0 Å². The van der Waals surface area contributed by atoms with Crippen molar-refractivity contribution in [3.05, 3.63) is 34.3 Å². The van der Waals surface area contributed by atoms with E-state index in [1.165, 1.54) is 18.4 Å². The highest BCUT2D eigenvalue weighted by atomic mass is 79.9. The van der Waals surface area contributed by atoms with E-state index in [1.807, 2.05) is 12.1 Å². The minimum Gasteiger partial charge on any atom is -0.302 e. The number of nitrogens with zero attached hydrogens (tertiary/aromatic N) is 1. The van der Waals surface area contributed by atoms with E-state index in [0.29, 0.717) is 0 Å². The summed E-state index contributed by atoms with van der Waals surface area (Å²) in [6, 6.07) is 8.26. The molecular formula is C14H21BrClN. The Kier molecular flexibility index (Phi) is 7.17. The number of benzene rings is 1. The molecule has 1 unspecified atom stereocenters. The Hall–Kier alpha value is -0.0500. The number of unbranched alkanes of at least 4 members (excludes halogenated alkanes) is 1. The van der Waals surface area contributed by atoms with E-state index in [2.05, 4.69) is 46.8 Å². The molecule has 1 nitrogen and oxygen atoms in total. The predicted octanol–water partition coefficient (Wildman–Crippen LogP) is 4.85. The van der Waals surface area contributed by atoms with Crippen molar-refractivity contribution < 1.29 is 0 Å². The zero-order valence-corrected chi connectivity index (χ0v) is 13.0. The second-order valence-electron chi connectivity index (χ2n) is 4.27. The number of likely N-dealkylation sites (N-methyl/N-ethyl adjacent to an activating group) is 1. The van der Waals surface area contributed by atoms with Gasteiger partial charge in [0.25, 0.3) is 0 Å². The fourth-order valence-electron chi connectivity index (χ4n) is 1.79. The van der Waals surface area contributed by atoms with Gasteiger partial charge in [-0.1, -0.05) is 48.3 Å². The SMILES string of the molecule is CCCCN(CC)CC(Cl)c1cccc(Br)c1. The van der Waals surface area contributed by atoms with E-state index in [4.69, 9.17) is 11.6 Å². The van der Waals surface area contributed by atoms with Crippen LogP contribution in [0, 0.1) is 0 Å². The van der Waals surface area contributed by atoms with Crippen LogP contribution in [0.3, 0.4) is 0 Å². The van der Waals surface area contributed by atoms with Gasteiger partial charge in [-0.15, -0.1) is 11.6 Å². The number of hydrogen-bond acceptors (Lipinski definition) is 1. The summed E-state index contributed by atoms with van der Waals surface area (Å²) < 4.78 is 1.09. The van der Waals surface area contributed by atoms with Gasteiger partial charge in [-0.25, -0.2) is 0 Å². The van der Waals surface area contributed by atoms with E-state index in [1.54, 1.807) is 0 Å². The first-order valence-corrected chi connectivity index (χ1v) is 7.52. The fraction of sp³-hybridized carbons (Fsp3) is 0.571. The topological polar surface area (TPSA) is 3.24 Å². The zero-order valence-electron chi connectivity index (χ0n) is 10.6. The van der Waals surface area contributed by atoms with Gasteiger partial charge in [0.05, 0.1) is 5.38 Å². The maximum atomic E-state index is 6.47. The molecule has 0 fully saturated rings. The number of halogens is 2. The molecular weight excluding hydrogens is 298 g/mol. The second-order valence-corrected chi connectivity index (χ2v) is 5.71. The standard InChI is InChI=1S/C14H21BrClN/c1-3-5-9-17(4-2)11-14(16)12-7-6-8-13(15)10-12/h6-8,10,14H,3-5,9,11H2,1-2H3. The Labute approximate surface area is 118 Å². The monoisotopic (exact) mass is 317 g/mol. The minimum absolute atomic E-state index is 0.0734. The van der Waals surface area contributed by atoms with Gasteiger partial charge in [0, 0.05) is 11.0 Å². The molecule has 0 amide bonds. The highest BCUT2D eigenvalue weighted by Crippen LogP contribution is 2.24. The first-order chi connectivity index (χ1) is 8.17. The van der Waals surface area contributed by atoms with E-state index >= 15 is 0 Å². The highest BCUT2D eigenvalue weighted by Gasteiger charge is 2.12. The average Bonchev–Trinajstić information content (AvgIpc) is 2.34. The third kappa shape index (κ3) is 5.41. The van der Waals surface area contributed by atoms with Crippen LogP contribution in [-0.2, 0) is 0 Å². The van der Waals surface area contributed by atoms with E-state index < -0.39 is 0 Å². The Bertz CT molecular complexity index is 330. The quantitative estimate of drug-likeness (QED) is 0.650. The Morgan fingerprint density at radius 3 is 2.71 bits per heavy atom. The van der Waals surface area contributed by atoms with Crippen LogP contribution in [0.2, 0.25) is 0 Å². The maximum Gasteiger partial charge on any atom is 0.0712 e. The Balaban J connectivity index is 2.54. The van der Waals surface area contributed by atoms with E-state index in [-0.39, 0.29) is 5.38 Å². The molecule has 96 valence electrons. The van der Waals surface area contributed by atoms with Gasteiger partial charge in [-0.2, -0.15) is 0 Å². The van der Waals surface area contributed by atoms with Crippen molar-refractivity contribution in [3.63, 3.8) is 0 Å². The normalized spacial score (nSPS) is 13.0. The van der Waals surface area contributed by atoms with Gasteiger partial charge in [0.2, 0.25) is 0 Å². The highest BCUT2D eigenvalue weighted by molar-refractivity contribution is 9.10. The van der Waals surface area contributed by atoms with Crippen LogP contribution in [0.15, 0.2) is 28.7 Å². The summed E-state index contributed by atoms with van der Waals surface area (Å²) in [5, 5.41) is 0.0734. The maximum absolute atomic E-state index is 6.47. The summed E-state index contributed by atoms with van der Waals surface area (Å²) in [6.07, 6.45) is 2.48. The first-order valence-electron chi connectivity index (χ1n) is 6.29. The van der Waals surface area contributed by atoms with Crippen LogP contribution in [0.4, 0.5) is 0 Å². The van der Waals surface area contributed by atoms with Gasteiger partial charge in [-0.05, 0) is 37.2 Å². The molecule has 0 saturated heterocycles. The van der Waals surface area contributed by atoms with E-state index in [9.17, 15) is 0 Å². The van der Waals surface area contributed by atoms with Gasteiger partial charge >= 0.3 is 0 Å². The third-order valence-corrected chi connectivity index (χ3v) is 3.79. The molecule has 1 atom stereocenters.